The molecule has 3 heterocycles. The number of aliphatic hydroxyl groups excluding tert-OH is 1. The SMILES string of the molecule is Cc1ncnc2c1ncn2[C@@H]1CCC(CO)O1. The Bertz CT molecular complexity index is 539. The minimum Gasteiger partial charge on any atom is -0.394 e. The highest BCUT2D eigenvalue weighted by Gasteiger charge is 2.27. The first kappa shape index (κ1) is 10.6. The van der Waals surface area contributed by atoms with Gasteiger partial charge in [0.2, 0.25) is 0 Å². The van der Waals surface area contributed by atoms with Crippen molar-refractivity contribution in [3.63, 3.8) is 0 Å². The maximum absolute atomic E-state index is 9.06. The van der Waals surface area contributed by atoms with Crippen LogP contribution < -0.4 is 0 Å². The van der Waals surface area contributed by atoms with Gasteiger partial charge in [0.15, 0.2) is 5.65 Å². The van der Waals surface area contributed by atoms with E-state index in [0.717, 1.165) is 29.7 Å². The Morgan fingerprint density at radius 1 is 1.41 bits per heavy atom. The minimum absolute atomic E-state index is 0.0666. The molecule has 1 fully saturated rings. The Hall–Kier alpha value is -1.53. The molecule has 1 aliphatic heterocycles. The highest BCUT2D eigenvalue weighted by molar-refractivity contribution is 5.72. The van der Waals surface area contributed by atoms with Gasteiger partial charge in [-0.25, -0.2) is 15.0 Å². The molecule has 0 spiro atoms. The number of aryl methyl sites for hydroxylation is 1. The third kappa shape index (κ3) is 1.69. The lowest BCUT2D eigenvalue weighted by molar-refractivity contribution is -0.0207. The molecular formula is C11H14N4O2. The van der Waals surface area contributed by atoms with Gasteiger partial charge in [-0.3, -0.25) is 4.57 Å². The molecule has 2 aromatic rings. The van der Waals surface area contributed by atoms with Crippen molar-refractivity contribution in [2.75, 3.05) is 6.61 Å². The van der Waals surface area contributed by atoms with Gasteiger partial charge < -0.3 is 9.84 Å². The Labute approximate surface area is 98.3 Å². The van der Waals surface area contributed by atoms with Crippen LogP contribution >= 0.6 is 0 Å². The third-order valence-electron chi connectivity index (χ3n) is 3.14. The van der Waals surface area contributed by atoms with Crippen molar-refractivity contribution in [1.82, 2.24) is 19.5 Å². The molecule has 2 atom stereocenters. The topological polar surface area (TPSA) is 73.1 Å². The minimum atomic E-state index is -0.0774. The van der Waals surface area contributed by atoms with Crippen molar-refractivity contribution in [2.24, 2.45) is 0 Å². The number of nitrogens with zero attached hydrogens (tertiary/aromatic N) is 4. The van der Waals surface area contributed by atoms with Crippen molar-refractivity contribution in [2.45, 2.75) is 32.1 Å². The van der Waals surface area contributed by atoms with E-state index in [1.807, 2.05) is 11.5 Å². The zero-order chi connectivity index (χ0) is 11.8. The first-order valence-corrected chi connectivity index (χ1v) is 5.70. The van der Waals surface area contributed by atoms with Gasteiger partial charge in [0, 0.05) is 0 Å². The van der Waals surface area contributed by atoms with Gasteiger partial charge in [-0.2, -0.15) is 0 Å². The summed E-state index contributed by atoms with van der Waals surface area (Å²) in [5, 5.41) is 9.06. The number of fused-ring (bicyclic) bond motifs is 1. The summed E-state index contributed by atoms with van der Waals surface area (Å²) in [6.45, 7) is 1.98. The lowest BCUT2D eigenvalue weighted by atomic mass is 10.2. The van der Waals surface area contributed by atoms with Gasteiger partial charge in [0.05, 0.1) is 24.7 Å². The van der Waals surface area contributed by atoms with Gasteiger partial charge >= 0.3 is 0 Å². The number of hydrogen-bond donors (Lipinski definition) is 1. The zero-order valence-electron chi connectivity index (χ0n) is 9.58. The maximum Gasteiger partial charge on any atom is 0.165 e. The second-order valence-electron chi connectivity index (χ2n) is 4.26. The van der Waals surface area contributed by atoms with E-state index >= 15 is 0 Å². The van der Waals surface area contributed by atoms with E-state index in [4.69, 9.17) is 9.84 Å². The highest BCUT2D eigenvalue weighted by atomic mass is 16.5. The van der Waals surface area contributed by atoms with Crippen LogP contribution in [0.2, 0.25) is 0 Å². The predicted octanol–water partition coefficient (Wildman–Crippen LogP) is 0.805. The highest BCUT2D eigenvalue weighted by Crippen LogP contribution is 2.30. The summed E-state index contributed by atoms with van der Waals surface area (Å²) in [6.07, 6.45) is 4.86. The van der Waals surface area contributed by atoms with Crippen LogP contribution in [0, 0.1) is 6.92 Å². The Morgan fingerprint density at radius 3 is 3.06 bits per heavy atom. The van der Waals surface area contributed by atoms with E-state index in [9.17, 15) is 0 Å². The van der Waals surface area contributed by atoms with E-state index in [1.54, 1.807) is 6.33 Å². The predicted molar refractivity (Wildman–Crippen MR) is 60.3 cm³/mol. The van der Waals surface area contributed by atoms with Gasteiger partial charge in [-0.15, -0.1) is 0 Å². The smallest absolute Gasteiger partial charge is 0.165 e. The van der Waals surface area contributed by atoms with E-state index in [2.05, 4.69) is 15.0 Å². The normalized spacial score (nSPS) is 24.6. The molecule has 1 aliphatic rings. The number of rotatable bonds is 2. The average molecular weight is 234 g/mol. The van der Waals surface area contributed by atoms with Crippen molar-refractivity contribution in [1.29, 1.82) is 0 Å². The summed E-state index contributed by atoms with van der Waals surface area (Å²) in [4.78, 5) is 12.7. The van der Waals surface area contributed by atoms with Crippen molar-refractivity contribution >= 4 is 11.2 Å². The maximum atomic E-state index is 9.06. The Morgan fingerprint density at radius 2 is 2.29 bits per heavy atom. The summed E-state index contributed by atoms with van der Waals surface area (Å²) in [7, 11) is 0. The molecule has 1 N–H and O–H groups in total. The van der Waals surface area contributed by atoms with Gasteiger partial charge in [-0.1, -0.05) is 0 Å². The molecule has 6 nitrogen and oxygen atoms in total. The molecular weight excluding hydrogens is 220 g/mol. The van der Waals surface area contributed by atoms with Crippen LogP contribution in [-0.2, 0) is 4.74 Å². The summed E-state index contributed by atoms with van der Waals surface area (Å²) >= 11 is 0. The lowest BCUT2D eigenvalue weighted by Gasteiger charge is -2.13. The van der Waals surface area contributed by atoms with E-state index < -0.39 is 0 Å². The van der Waals surface area contributed by atoms with Crippen LogP contribution in [0.5, 0.6) is 0 Å². The van der Waals surface area contributed by atoms with Gasteiger partial charge in [-0.05, 0) is 19.8 Å². The lowest BCUT2D eigenvalue weighted by Crippen LogP contribution is -2.14. The fourth-order valence-corrected chi connectivity index (χ4v) is 2.21. The summed E-state index contributed by atoms with van der Waals surface area (Å²) < 4.78 is 7.63. The van der Waals surface area contributed by atoms with E-state index in [-0.39, 0.29) is 18.9 Å². The molecule has 0 bridgehead atoms. The standard InChI is InChI=1S/C11H14N4O2/c1-7-10-11(13-5-12-7)15(6-14-10)9-3-2-8(4-16)17-9/h5-6,8-9,16H,2-4H2,1H3/t8?,9-/m0/s1. The Kier molecular flexibility index (Phi) is 2.53. The van der Waals surface area contributed by atoms with Crippen LogP contribution in [0.3, 0.4) is 0 Å². The summed E-state index contributed by atoms with van der Waals surface area (Å²) in [5.74, 6) is 0. The second kappa shape index (κ2) is 4.05. The molecule has 0 saturated carbocycles. The number of ether oxygens (including phenoxy) is 1. The summed E-state index contributed by atoms with van der Waals surface area (Å²) in [5.41, 5.74) is 2.47. The largest absolute Gasteiger partial charge is 0.394 e. The van der Waals surface area contributed by atoms with E-state index in [1.165, 1.54) is 6.33 Å². The van der Waals surface area contributed by atoms with Crippen molar-refractivity contribution in [3.8, 4) is 0 Å². The van der Waals surface area contributed by atoms with Gasteiger partial charge in [0.1, 0.15) is 18.1 Å². The zero-order valence-corrected chi connectivity index (χ0v) is 9.58. The summed E-state index contributed by atoms with van der Waals surface area (Å²) in [6, 6.07) is 0. The molecule has 0 aliphatic carbocycles. The molecule has 3 rings (SSSR count). The van der Waals surface area contributed by atoms with Gasteiger partial charge in [0.25, 0.3) is 0 Å². The Balaban J connectivity index is 1.99. The first-order chi connectivity index (χ1) is 8.29. The molecule has 0 aromatic carbocycles. The fourth-order valence-electron chi connectivity index (χ4n) is 2.21. The van der Waals surface area contributed by atoms with Crippen LogP contribution in [-0.4, -0.2) is 37.3 Å². The monoisotopic (exact) mass is 234 g/mol. The molecule has 0 amide bonds. The fraction of sp³-hybridized carbons (Fsp3) is 0.545. The first-order valence-electron chi connectivity index (χ1n) is 5.70. The van der Waals surface area contributed by atoms with Crippen molar-refractivity contribution < 1.29 is 9.84 Å². The van der Waals surface area contributed by atoms with Crippen LogP contribution in [0.4, 0.5) is 0 Å². The van der Waals surface area contributed by atoms with Crippen LogP contribution in [0.15, 0.2) is 12.7 Å². The quantitative estimate of drug-likeness (QED) is 0.832. The second-order valence-corrected chi connectivity index (χ2v) is 4.26. The number of hydrogen-bond acceptors (Lipinski definition) is 5. The number of imidazole rings is 1. The molecule has 2 aromatic heterocycles. The number of aromatic nitrogens is 4. The molecule has 6 heteroatoms. The third-order valence-corrected chi connectivity index (χ3v) is 3.14. The molecule has 17 heavy (non-hydrogen) atoms. The van der Waals surface area contributed by atoms with Crippen LogP contribution in [0.1, 0.15) is 24.8 Å². The van der Waals surface area contributed by atoms with Crippen molar-refractivity contribution in [3.05, 3.63) is 18.3 Å². The molecule has 1 saturated heterocycles. The molecule has 0 radical (unpaired) electrons. The number of aliphatic hydroxyl groups is 1. The van der Waals surface area contributed by atoms with Crippen LogP contribution in [0.25, 0.3) is 11.2 Å². The average Bonchev–Trinajstić information content (AvgIpc) is 2.94. The molecule has 90 valence electrons. The van der Waals surface area contributed by atoms with E-state index in [0.29, 0.717) is 0 Å². The molecule has 1 unspecified atom stereocenters.